The molecule has 1 atom stereocenters. The maximum absolute atomic E-state index is 12.9. The van der Waals surface area contributed by atoms with Crippen LogP contribution in [0.1, 0.15) is 107 Å². The molecule has 11 nitrogen and oxygen atoms in total. The van der Waals surface area contributed by atoms with Gasteiger partial charge < -0.3 is 32.8 Å². The Hall–Kier alpha value is -2.67. The number of pyridine rings is 1. The van der Waals surface area contributed by atoms with Gasteiger partial charge in [0.1, 0.15) is 11.0 Å². The van der Waals surface area contributed by atoms with Crippen molar-refractivity contribution in [2.24, 2.45) is 0 Å². The molecule has 1 unspecified atom stereocenters. The second-order valence-corrected chi connectivity index (χ2v) is 16.8. The van der Waals surface area contributed by atoms with Gasteiger partial charge in [-0.25, -0.2) is 4.79 Å². The molecule has 3 heterocycles. The molecule has 1 aromatic carbocycles. The zero-order chi connectivity index (χ0) is 38.2. The third-order valence-electron chi connectivity index (χ3n) is 10.3. The zero-order valence-corrected chi connectivity index (χ0v) is 33.3. The van der Waals surface area contributed by atoms with Gasteiger partial charge in [0, 0.05) is 36.1 Å². The van der Waals surface area contributed by atoms with E-state index < -0.39 is 31.1 Å². The van der Waals surface area contributed by atoms with E-state index in [2.05, 4.69) is 5.32 Å². The molecule has 1 amide bonds. The Morgan fingerprint density at radius 3 is 1.96 bits per heavy atom. The quantitative estimate of drug-likeness (QED) is 0.213. The number of carbonyl (C=O) groups excluding carboxylic acids is 2. The number of ether oxygens (including phenoxy) is 3. The van der Waals surface area contributed by atoms with E-state index in [1.165, 1.54) is 0 Å². The van der Waals surface area contributed by atoms with Gasteiger partial charge >= 0.3 is 26.1 Å². The highest BCUT2D eigenvalue weighted by Crippen LogP contribution is 2.45. The average Bonchev–Trinajstić information content (AvgIpc) is 3.56. The Morgan fingerprint density at radius 2 is 1.47 bits per heavy atom. The number of hydrogen-bond donors (Lipinski definition) is 1. The van der Waals surface area contributed by atoms with E-state index in [0.717, 1.165) is 16.8 Å². The summed E-state index contributed by atoms with van der Waals surface area (Å²) < 4.78 is 39.9. The van der Waals surface area contributed by atoms with Crippen LogP contribution >= 0.6 is 11.6 Å². The van der Waals surface area contributed by atoms with Crippen LogP contribution in [0.15, 0.2) is 30.5 Å². The largest absolute Gasteiger partial charge is 0.488 e. The number of fused-ring (bicyclic) bond motifs is 1. The van der Waals surface area contributed by atoms with E-state index in [-0.39, 0.29) is 28.4 Å². The van der Waals surface area contributed by atoms with Crippen LogP contribution in [-0.4, -0.2) is 79.4 Å². The fraction of sp³-hybridized carbons (Fsp3) is 0.649. The zero-order valence-electron chi connectivity index (χ0n) is 32.6. The van der Waals surface area contributed by atoms with Gasteiger partial charge in [-0.15, -0.1) is 0 Å². The number of amides is 1. The molecule has 0 radical (unpaired) electrons. The summed E-state index contributed by atoms with van der Waals surface area (Å²) in [7, 11) is 0.663. The number of esters is 1. The lowest BCUT2D eigenvalue weighted by Crippen LogP contribution is -2.41. The Morgan fingerprint density at radius 1 is 0.922 bits per heavy atom. The third kappa shape index (κ3) is 8.93. The van der Waals surface area contributed by atoms with E-state index in [9.17, 15) is 9.59 Å². The number of aromatic nitrogens is 1. The first kappa shape index (κ1) is 41.1. The highest BCUT2D eigenvalue weighted by molar-refractivity contribution is 7.11. The molecule has 2 aromatic rings. The van der Waals surface area contributed by atoms with Crippen molar-refractivity contribution in [3.05, 3.63) is 46.7 Å². The van der Waals surface area contributed by atoms with Crippen LogP contribution in [-0.2, 0) is 49.5 Å². The highest BCUT2D eigenvalue weighted by atomic mass is 35.5. The Balaban J connectivity index is 0.000000272. The number of halogens is 1. The fourth-order valence-electron chi connectivity index (χ4n) is 6.11. The number of methoxy groups -OCH3 is 1. The summed E-state index contributed by atoms with van der Waals surface area (Å²) in [5.41, 5.74) is 0.888. The number of rotatable bonds is 8. The van der Waals surface area contributed by atoms with Crippen molar-refractivity contribution in [2.75, 3.05) is 25.6 Å². The highest BCUT2D eigenvalue weighted by Gasteiger charge is 2.63. The SMILES string of the molecule is CC1(C)OB(B2OC(C)(C)C(C)(C)O2)OC1(C)C.CCOC(=O)C1(CCOC)CCc2cc(-c3cc(Cl)ccc3NC(=O)OC(C)(C)C)cnc21. The Labute approximate surface area is 309 Å². The normalized spacial score (nSPS) is 22.5. The molecular weight excluding hydrogens is 673 g/mol. The van der Waals surface area contributed by atoms with Crippen molar-refractivity contribution in [1.29, 1.82) is 0 Å². The van der Waals surface area contributed by atoms with Crippen LogP contribution in [0.25, 0.3) is 11.1 Å². The van der Waals surface area contributed by atoms with Crippen molar-refractivity contribution >= 4 is 43.4 Å². The van der Waals surface area contributed by atoms with Crippen LogP contribution < -0.4 is 5.32 Å². The first-order valence-electron chi connectivity index (χ1n) is 17.6. The summed E-state index contributed by atoms with van der Waals surface area (Å²) in [5, 5.41) is 3.33. The summed E-state index contributed by atoms with van der Waals surface area (Å²) in [6, 6.07) is 7.21. The second kappa shape index (κ2) is 15.0. The minimum absolute atomic E-state index is 0.268. The Kier molecular flexibility index (Phi) is 12.1. The predicted molar refractivity (Wildman–Crippen MR) is 200 cm³/mol. The van der Waals surface area contributed by atoms with Crippen molar-refractivity contribution in [3.63, 3.8) is 0 Å². The molecule has 1 aromatic heterocycles. The molecular formula is C37H55B2ClN2O9. The lowest BCUT2D eigenvalue weighted by atomic mass is 9.49. The van der Waals surface area contributed by atoms with Gasteiger partial charge in [-0.3, -0.25) is 15.1 Å². The van der Waals surface area contributed by atoms with Gasteiger partial charge in [0.25, 0.3) is 0 Å². The van der Waals surface area contributed by atoms with Gasteiger partial charge in [-0.05, 0) is 132 Å². The first-order chi connectivity index (χ1) is 23.5. The number of benzene rings is 1. The lowest BCUT2D eigenvalue weighted by Gasteiger charge is -2.32. The van der Waals surface area contributed by atoms with Crippen LogP contribution in [0, 0.1) is 0 Å². The molecule has 1 aliphatic carbocycles. The summed E-state index contributed by atoms with van der Waals surface area (Å²) in [4.78, 5) is 30.0. The molecule has 0 spiro atoms. The van der Waals surface area contributed by atoms with Crippen molar-refractivity contribution in [3.8, 4) is 11.1 Å². The van der Waals surface area contributed by atoms with E-state index in [1.807, 2.05) is 61.5 Å². The molecule has 51 heavy (non-hydrogen) atoms. The Bertz CT molecular complexity index is 1530. The molecule has 2 aliphatic heterocycles. The van der Waals surface area contributed by atoms with E-state index in [4.69, 9.17) is 49.4 Å². The van der Waals surface area contributed by atoms with Gasteiger partial charge in [-0.2, -0.15) is 0 Å². The molecule has 0 saturated carbocycles. The number of nitrogens with one attached hydrogen (secondary N) is 1. The molecule has 3 aliphatic rings. The topological polar surface area (TPSA) is 124 Å². The van der Waals surface area contributed by atoms with Crippen molar-refractivity contribution < 1.29 is 42.4 Å². The molecule has 1 N–H and O–H groups in total. The molecule has 2 saturated heterocycles. The van der Waals surface area contributed by atoms with Crippen LogP contribution in [0.3, 0.4) is 0 Å². The van der Waals surface area contributed by atoms with E-state index in [1.54, 1.807) is 59.2 Å². The lowest BCUT2D eigenvalue weighted by molar-refractivity contribution is -0.151. The number of hydrogen-bond acceptors (Lipinski definition) is 10. The minimum atomic E-state index is -0.814. The summed E-state index contributed by atoms with van der Waals surface area (Å²) in [5.74, 6) is -0.268. The molecule has 0 bridgehead atoms. The van der Waals surface area contributed by atoms with Gasteiger partial charge in [0.2, 0.25) is 0 Å². The molecule has 5 rings (SSSR count). The van der Waals surface area contributed by atoms with Crippen molar-refractivity contribution in [1.82, 2.24) is 4.98 Å². The molecule has 280 valence electrons. The number of anilines is 1. The van der Waals surface area contributed by atoms with Crippen LogP contribution in [0.2, 0.25) is 5.02 Å². The van der Waals surface area contributed by atoms with E-state index >= 15 is 0 Å². The maximum Gasteiger partial charge on any atom is 0.488 e. The second-order valence-electron chi connectivity index (χ2n) is 16.3. The van der Waals surface area contributed by atoms with Gasteiger partial charge in [0.05, 0.1) is 40.4 Å². The monoisotopic (exact) mass is 728 g/mol. The number of carbonyl (C=O) groups is 2. The average molecular weight is 729 g/mol. The molecule has 14 heteroatoms. The van der Waals surface area contributed by atoms with Crippen molar-refractivity contribution in [2.45, 2.75) is 136 Å². The van der Waals surface area contributed by atoms with Gasteiger partial charge in [-0.1, -0.05) is 11.6 Å². The number of aryl methyl sites for hydroxylation is 1. The summed E-state index contributed by atoms with van der Waals surface area (Å²) >= 11 is 6.27. The first-order valence-corrected chi connectivity index (χ1v) is 18.0. The van der Waals surface area contributed by atoms with Crippen LogP contribution in [0.5, 0.6) is 0 Å². The number of nitrogens with zero attached hydrogens (tertiary/aromatic N) is 1. The smallest absolute Gasteiger partial charge is 0.465 e. The van der Waals surface area contributed by atoms with E-state index in [0.29, 0.717) is 48.7 Å². The summed E-state index contributed by atoms with van der Waals surface area (Å²) in [6.07, 6.45) is 2.95. The standard InChI is InChI=1S/C25H31ClN2O5.C12H24B2O4/c1-6-32-22(29)25(11-12-31-5)10-9-16-13-17(15-27-21(16)25)19-14-18(26)7-8-20(19)28-23(30)33-24(2,3)4;1-9(2)10(3,4)16-13(15-9)14-17-11(5,6)12(7,8)18-14/h7-8,13-15H,6,9-12H2,1-5H3,(H,28,30);1-8H3. The summed E-state index contributed by atoms with van der Waals surface area (Å²) in [6.45, 7) is 24.2. The third-order valence-corrected chi connectivity index (χ3v) is 10.6. The van der Waals surface area contributed by atoms with Crippen LogP contribution in [0.4, 0.5) is 10.5 Å². The van der Waals surface area contributed by atoms with Gasteiger partial charge in [0.15, 0.2) is 0 Å². The fourth-order valence-corrected chi connectivity index (χ4v) is 6.28. The minimum Gasteiger partial charge on any atom is -0.465 e. The molecule has 2 fully saturated rings. The maximum atomic E-state index is 12.9. The predicted octanol–water partition coefficient (Wildman–Crippen LogP) is 7.78.